The van der Waals surface area contributed by atoms with Crippen molar-refractivity contribution in [2.45, 2.75) is 12.6 Å². The normalized spacial score (nSPS) is 29.5. The van der Waals surface area contributed by atoms with Gasteiger partial charge in [-0.05, 0) is 17.4 Å². The van der Waals surface area contributed by atoms with Crippen LogP contribution in [0.2, 0.25) is 0 Å². The molecule has 1 saturated heterocycles. The average molecular weight is 232 g/mol. The Morgan fingerprint density at radius 2 is 2.00 bits per heavy atom. The number of carbonyl (C=O) groups is 1. The van der Waals surface area contributed by atoms with Crippen LogP contribution in [-0.4, -0.2) is 25.2 Å². The van der Waals surface area contributed by atoms with Gasteiger partial charge in [0.1, 0.15) is 6.61 Å². The molecule has 3 rings (SSSR count). The van der Waals surface area contributed by atoms with Crippen LogP contribution in [0.4, 0.5) is 4.79 Å². The maximum atomic E-state index is 11.5. The van der Waals surface area contributed by atoms with Gasteiger partial charge in [-0.2, -0.15) is 0 Å². The molecule has 1 aliphatic carbocycles. The molecule has 1 amide bonds. The van der Waals surface area contributed by atoms with Crippen LogP contribution < -0.4 is 10.6 Å². The summed E-state index contributed by atoms with van der Waals surface area (Å²) in [5, 5.41) is 6.22. The molecule has 2 N–H and O–H groups in total. The van der Waals surface area contributed by atoms with E-state index in [1.807, 2.05) is 30.3 Å². The van der Waals surface area contributed by atoms with Crippen LogP contribution >= 0.6 is 0 Å². The highest BCUT2D eigenvalue weighted by Gasteiger charge is 2.53. The smallest absolute Gasteiger partial charge is 0.407 e. The highest BCUT2D eigenvalue weighted by atomic mass is 16.5. The Balaban J connectivity index is 1.42. The van der Waals surface area contributed by atoms with Crippen LogP contribution in [-0.2, 0) is 11.3 Å². The van der Waals surface area contributed by atoms with Gasteiger partial charge in [-0.3, -0.25) is 0 Å². The Kier molecular flexibility index (Phi) is 2.73. The third kappa shape index (κ3) is 2.26. The number of hydrogen-bond acceptors (Lipinski definition) is 3. The van der Waals surface area contributed by atoms with Crippen LogP contribution in [0, 0.1) is 11.8 Å². The molecule has 90 valence electrons. The van der Waals surface area contributed by atoms with E-state index < -0.39 is 0 Å². The van der Waals surface area contributed by atoms with E-state index in [2.05, 4.69) is 10.6 Å². The van der Waals surface area contributed by atoms with E-state index in [0.29, 0.717) is 24.5 Å². The molecule has 4 heteroatoms. The maximum Gasteiger partial charge on any atom is 0.407 e. The van der Waals surface area contributed by atoms with Crippen molar-refractivity contribution in [2.75, 3.05) is 13.1 Å². The first kappa shape index (κ1) is 10.6. The predicted molar refractivity (Wildman–Crippen MR) is 63.4 cm³/mol. The SMILES string of the molecule is O=C(NC1[C@@H]2CNC[C@@H]12)OCc1ccccc1. The number of fused-ring (bicyclic) bond motifs is 1. The fourth-order valence-electron chi connectivity index (χ4n) is 2.53. The van der Waals surface area contributed by atoms with Gasteiger partial charge in [0.2, 0.25) is 0 Å². The number of carbonyl (C=O) groups excluding carboxylic acids is 1. The average Bonchev–Trinajstić information content (AvgIpc) is 2.79. The lowest BCUT2D eigenvalue weighted by Crippen LogP contribution is -2.32. The van der Waals surface area contributed by atoms with E-state index in [-0.39, 0.29) is 6.09 Å². The number of rotatable bonds is 3. The number of nitrogens with one attached hydrogen (secondary N) is 2. The fraction of sp³-hybridized carbons (Fsp3) is 0.462. The number of piperidine rings is 1. The van der Waals surface area contributed by atoms with Crippen molar-refractivity contribution in [3.63, 3.8) is 0 Å². The topological polar surface area (TPSA) is 50.4 Å². The summed E-state index contributed by atoms with van der Waals surface area (Å²) >= 11 is 0. The molecule has 4 nitrogen and oxygen atoms in total. The second kappa shape index (κ2) is 4.37. The Morgan fingerprint density at radius 3 is 2.71 bits per heavy atom. The van der Waals surface area contributed by atoms with Crippen molar-refractivity contribution in [1.29, 1.82) is 0 Å². The molecule has 2 fully saturated rings. The molecular formula is C13H16N2O2. The van der Waals surface area contributed by atoms with Crippen LogP contribution in [0.15, 0.2) is 30.3 Å². The summed E-state index contributed by atoms with van der Waals surface area (Å²) in [6.07, 6.45) is -0.298. The number of benzene rings is 1. The van der Waals surface area contributed by atoms with Gasteiger partial charge < -0.3 is 15.4 Å². The number of alkyl carbamates (subject to hydrolysis) is 1. The minimum Gasteiger partial charge on any atom is -0.445 e. The Labute approximate surface area is 100 Å². The first-order valence-electron chi connectivity index (χ1n) is 6.02. The van der Waals surface area contributed by atoms with Gasteiger partial charge in [0.25, 0.3) is 0 Å². The van der Waals surface area contributed by atoms with E-state index in [0.717, 1.165) is 18.7 Å². The summed E-state index contributed by atoms with van der Waals surface area (Å²) in [5.41, 5.74) is 1.01. The fourth-order valence-corrected chi connectivity index (χ4v) is 2.53. The van der Waals surface area contributed by atoms with Gasteiger partial charge in [0.05, 0.1) is 0 Å². The lowest BCUT2D eigenvalue weighted by molar-refractivity contribution is 0.138. The van der Waals surface area contributed by atoms with Gasteiger partial charge >= 0.3 is 6.09 Å². The highest BCUT2D eigenvalue weighted by molar-refractivity contribution is 5.68. The summed E-state index contributed by atoms with van der Waals surface area (Å²) in [6, 6.07) is 10.1. The minimum atomic E-state index is -0.298. The number of ether oxygens (including phenoxy) is 1. The second-order valence-corrected chi connectivity index (χ2v) is 4.72. The summed E-state index contributed by atoms with van der Waals surface area (Å²) in [5.74, 6) is 1.25. The van der Waals surface area contributed by atoms with Crippen molar-refractivity contribution in [3.8, 4) is 0 Å². The van der Waals surface area contributed by atoms with E-state index >= 15 is 0 Å². The molecule has 1 heterocycles. The Bertz CT molecular complexity index is 397. The van der Waals surface area contributed by atoms with Crippen LogP contribution in [0.1, 0.15) is 5.56 Å². The Hall–Kier alpha value is -1.55. The lowest BCUT2D eigenvalue weighted by Gasteiger charge is -2.08. The molecule has 0 unspecified atom stereocenters. The molecule has 1 aliphatic heterocycles. The van der Waals surface area contributed by atoms with Crippen LogP contribution in [0.3, 0.4) is 0 Å². The molecule has 1 saturated carbocycles. The highest BCUT2D eigenvalue weighted by Crippen LogP contribution is 2.41. The molecule has 17 heavy (non-hydrogen) atoms. The summed E-state index contributed by atoms with van der Waals surface area (Å²) in [7, 11) is 0. The van der Waals surface area contributed by atoms with Gasteiger partial charge in [-0.1, -0.05) is 30.3 Å². The lowest BCUT2D eigenvalue weighted by atomic mass is 10.2. The van der Waals surface area contributed by atoms with Crippen molar-refractivity contribution >= 4 is 6.09 Å². The minimum absolute atomic E-state index is 0.298. The number of amides is 1. The second-order valence-electron chi connectivity index (χ2n) is 4.72. The summed E-state index contributed by atoms with van der Waals surface area (Å²) < 4.78 is 5.17. The number of hydrogen-bond donors (Lipinski definition) is 2. The molecule has 2 atom stereocenters. The molecular weight excluding hydrogens is 216 g/mol. The van der Waals surface area contributed by atoms with Crippen LogP contribution in [0.25, 0.3) is 0 Å². The zero-order valence-electron chi connectivity index (χ0n) is 9.56. The van der Waals surface area contributed by atoms with Crippen molar-refractivity contribution in [3.05, 3.63) is 35.9 Å². The zero-order valence-corrected chi connectivity index (χ0v) is 9.56. The molecule has 0 radical (unpaired) electrons. The molecule has 0 spiro atoms. The predicted octanol–water partition coefficient (Wildman–Crippen LogP) is 1.13. The van der Waals surface area contributed by atoms with Gasteiger partial charge in [-0.25, -0.2) is 4.79 Å². The van der Waals surface area contributed by atoms with E-state index in [4.69, 9.17) is 4.74 Å². The van der Waals surface area contributed by atoms with Gasteiger partial charge in [0, 0.05) is 19.1 Å². The molecule has 1 aromatic rings. The third-order valence-corrected chi connectivity index (χ3v) is 3.59. The first-order valence-corrected chi connectivity index (χ1v) is 6.02. The van der Waals surface area contributed by atoms with Crippen molar-refractivity contribution < 1.29 is 9.53 Å². The van der Waals surface area contributed by atoms with E-state index in [1.165, 1.54) is 0 Å². The molecule has 0 bridgehead atoms. The van der Waals surface area contributed by atoms with E-state index in [1.54, 1.807) is 0 Å². The quantitative estimate of drug-likeness (QED) is 0.821. The largest absolute Gasteiger partial charge is 0.445 e. The van der Waals surface area contributed by atoms with Crippen LogP contribution in [0.5, 0.6) is 0 Å². The Morgan fingerprint density at radius 1 is 1.29 bits per heavy atom. The first-order chi connectivity index (χ1) is 8.34. The monoisotopic (exact) mass is 232 g/mol. The van der Waals surface area contributed by atoms with Gasteiger partial charge in [0.15, 0.2) is 0 Å². The maximum absolute atomic E-state index is 11.5. The summed E-state index contributed by atoms with van der Waals surface area (Å²) in [4.78, 5) is 11.5. The molecule has 2 aliphatic rings. The van der Waals surface area contributed by atoms with Crippen molar-refractivity contribution in [1.82, 2.24) is 10.6 Å². The molecule has 1 aromatic carbocycles. The molecule has 0 aromatic heterocycles. The van der Waals surface area contributed by atoms with E-state index in [9.17, 15) is 4.79 Å². The zero-order chi connectivity index (χ0) is 11.7. The van der Waals surface area contributed by atoms with Gasteiger partial charge in [-0.15, -0.1) is 0 Å². The summed E-state index contributed by atoms with van der Waals surface area (Å²) in [6.45, 7) is 2.38. The standard InChI is InChI=1S/C13H16N2O2/c16-13(15-12-10-6-14-7-11(10)12)17-8-9-4-2-1-3-5-9/h1-5,10-12,14H,6-8H2,(H,15,16)/t10-,11-/m1/s1. The third-order valence-electron chi connectivity index (χ3n) is 3.59. The van der Waals surface area contributed by atoms with Crippen molar-refractivity contribution in [2.24, 2.45) is 11.8 Å².